The lowest BCUT2D eigenvalue weighted by Gasteiger charge is -2.28. The summed E-state index contributed by atoms with van der Waals surface area (Å²) in [6.45, 7) is 0. The Morgan fingerprint density at radius 3 is 2.45 bits per heavy atom. The molecule has 1 heterocycles. The van der Waals surface area contributed by atoms with Crippen molar-refractivity contribution in [2.45, 2.75) is 75.8 Å². The molecule has 2 saturated carbocycles. The minimum Gasteiger partial charge on any atom is -0.474 e. The van der Waals surface area contributed by atoms with Gasteiger partial charge in [0.15, 0.2) is 0 Å². The Labute approximate surface area is 195 Å². The van der Waals surface area contributed by atoms with E-state index in [9.17, 15) is 23.1 Å². The first-order valence-electron chi connectivity index (χ1n) is 11.2. The lowest BCUT2D eigenvalue weighted by Crippen LogP contribution is -2.45. The molecule has 2 unspecified atom stereocenters. The van der Waals surface area contributed by atoms with E-state index in [0.717, 1.165) is 50.7 Å². The molecule has 178 valence electrons. The highest BCUT2D eigenvalue weighted by Gasteiger charge is 2.32. The molecular weight excluding hydrogens is 457 g/mol. The fraction of sp³-hybridized carbons (Fsp3) is 0.500. The summed E-state index contributed by atoms with van der Waals surface area (Å²) in [6.07, 6.45) is 2.85. The Hall–Kier alpha value is -2.32. The summed E-state index contributed by atoms with van der Waals surface area (Å²) in [5.74, 6) is -0.303. The second-order valence-electron chi connectivity index (χ2n) is 8.73. The van der Waals surface area contributed by atoms with Crippen LogP contribution in [-0.2, 0) is 6.18 Å². The van der Waals surface area contributed by atoms with Gasteiger partial charge in [0.2, 0.25) is 5.88 Å². The van der Waals surface area contributed by atoms with Crippen molar-refractivity contribution in [2.24, 2.45) is 0 Å². The number of halogens is 4. The second kappa shape index (κ2) is 9.89. The molecule has 33 heavy (non-hydrogen) atoms. The monoisotopic (exact) mass is 482 g/mol. The fourth-order valence-corrected chi connectivity index (χ4v) is 4.69. The number of alkyl halides is 3. The molecular formula is C24H26ClF3N2O3. The first-order valence-corrected chi connectivity index (χ1v) is 11.6. The van der Waals surface area contributed by atoms with Crippen molar-refractivity contribution < 1.29 is 27.8 Å². The van der Waals surface area contributed by atoms with Crippen LogP contribution in [0.1, 0.15) is 67.3 Å². The average molecular weight is 483 g/mol. The summed E-state index contributed by atoms with van der Waals surface area (Å²) in [5, 5.41) is 13.1. The Balaban J connectivity index is 1.70. The molecule has 2 aromatic rings. The lowest BCUT2D eigenvalue weighted by molar-refractivity contribution is -0.137. The van der Waals surface area contributed by atoms with E-state index in [0.29, 0.717) is 12.8 Å². The third-order valence-electron chi connectivity index (χ3n) is 6.32. The summed E-state index contributed by atoms with van der Waals surface area (Å²) >= 11 is 6.29. The molecule has 0 bridgehead atoms. The highest BCUT2D eigenvalue weighted by molar-refractivity contribution is 6.33. The van der Waals surface area contributed by atoms with Crippen molar-refractivity contribution in [1.82, 2.24) is 10.3 Å². The molecule has 5 nitrogen and oxygen atoms in total. The van der Waals surface area contributed by atoms with Gasteiger partial charge in [-0.25, -0.2) is 4.98 Å². The number of rotatable bonds is 5. The van der Waals surface area contributed by atoms with Gasteiger partial charge in [0.1, 0.15) is 6.10 Å². The number of aliphatic hydroxyl groups excluding tert-OH is 1. The highest BCUT2D eigenvalue weighted by Crippen LogP contribution is 2.40. The van der Waals surface area contributed by atoms with E-state index in [1.165, 1.54) is 18.3 Å². The molecule has 4 rings (SSSR count). The van der Waals surface area contributed by atoms with Gasteiger partial charge in [-0.15, -0.1) is 0 Å². The maximum atomic E-state index is 13.4. The fourth-order valence-electron chi connectivity index (χ4n) is 4.47. The minimum atomic E-state index is -4.55. The Morgan fingerprint density at radius 1 is 1.06 bits per heavy atom. The molecule has 1 aromatic heterocycles. The maximum absolute atomic E-state index is 13.4. The van der Waals surface area contributed by atoms with Crippen LogP contribution in [0.25, 0.3) is 11.1 Å². The van der Waals surface area contributed by atoms with Crippen molar-refractivity contribution in [3.63, 3.8) is 0 Å². The number of carbonyl (C=O) groups is 1. The number of amides is 1. The predicted molar refractivity (Wildman–Crippen MR) is 118 cm³/mol. The van der Waals surface area contributed by atoms with Gasteiger partial charge in [-0.2, -0.15) is 13.2 Å². The van der Waals surface area contributed by atoms with Crippen molar-refractivity contribution in [1.29, 1.82) is 0 Å². The number of hydrogen-bond acceptors (Lipinski definition) is 4. The SMILES string of the molecule is O=C(NC1CCCCC1O)c1cnc(OC2CCCC2)c(-c2cc(C(F)(F)F)ccc2Cl)c1. The number of pyridine rings is 1. The molecule has 2 aliphatic rings. The van der Waals surface area contributed by atoms with Crippen LogP contribution in [-0.4, -0.2) is 34.2 Å². The van der Waals surface area contributed by atoms with Crippen molar-refractivity contribution in [3.8, 4) is 17.0 Å². The molecule has 0 radical (unpaired) electrons. The number of ether oxygens (including phenoxy) is 1. The van der Waals surface area contributed by atoms with E-state index in [1.54, 1.807) is 0 Å². The van der Waals surface area contributed by atoms with Crippen LogP contribution in [0.15, 0.2) is 30.5 Å². The first-order chi connectivity index (χ1) is 15.7. The summed E-state index contributed by atoms with van der Waals surface area (Å²) in [7, 11) is 0. The standard InChI is InChI=1S/C24H26ClF3N2O3/c25-19-10-9-15(24(26,27)28)12-17(19)18-11-14(13-29-23(18)33-16-5-1-2-6-16)22(32)30-20-7-3-4-8-21(20)31/h9-13,16,20-21,31H,1-8H2,(H,30,32). The number of hydrogen-bond donors (Lipinski definition) is 2. The van der Waals surface area contributed by atoms with Crippen molar-refractivity contribution in [2.75, 3.05) is 0 Å². The number of aliphatic hydroxyl groups is 1. The summed E-state index contributed by atoms with van der Waals surface area (Å²) in [6, 6.07) is 4.14. The van der Waals surface area contributed by atoms with Crippen molar-refractivity contribution >= 4 is 17.5 Å². The quantitative estimate of drug-likeness (QED) is 0.567. The molecule has 9 heteroatoms. The summed E-state index contributed by atoms with van der Waals surface area (Å²) in [5.41, 5.74) is -0.363. The van der Waals surface area contributed by atoms with Gasteiger partial charge < -0.3 is 15.2 Å². The van der Waals surface area contributed by atoms with Gasteiger partial charge in [0.25, 0.3) is 5.91 Å². The molecule has 0 aliphatic heterocycles. The molecule has 2 atom stereocenters. The zero-order chi connectivity index (χ0) is 23.6. The van der Waals surface area contributed by atoms with Gasteiger partial charge in [0.05, 0.1) is 23.3 Å². The molecule has 2 aliphatic carbocycles. The molecule has 0 spiro atoms. The van der Waals surface area contributed by atoms with E-state index in [4.69, 9.17) is 16.3 Å². The van der Waals surface area contributed by atoms with Gasteiger partial charge in [-0.1, -0.05) is 24.4 Å². The highest BCUT2D eigenvalue weighted by atomic mass is 35.5. The molecule has 2 fully saturated rings. The van der Waals surface area contributed by atoms with Crippen LogP contribution in [0.4, 0.5) is 13.2 Å². The molecule has 1 amide bonds. The number of aromatic nitrogens is 1. The number of nitrogens with one attached hydrogen (secondary N) is 1. The smallest absolute Gasteiger partial charge is 0.416 e. The molecule has 1 aromatic carbocycles. The van der Waals surface area contributed by atoms with E-state index in [1.807, 2.05) is 0 Å². The van der Waals surface area contributed by atoms with E-state index in [2.05, 4.69) is 10.3 Å². The summed E-state index contributed by atoms with van der Waals surface area (Å²) in [4.78, 5) is 17.2. The predicted octanol–water partition coefficient (Wildman–Crippen LogP) is 5.78. The minimum absolute atomic E-state index is 0.0853. The summed E-state index contributed by atoms with van der Waals surface area (Å²) < 4.78 is 46.1. The zero-order valence-corrected chi connectivity index (χ0v) is 18.8. The van der Waals surface area contributed by atoms with Crippen LogP contribution in [0.3, 0.4) is 0 Å². The van der Waals surface area contributed by atoms with Crippen molar-refractivity contribution in [3.05, 3.63) is 46.6 Å². The molecule has 2 N–H and O–H groups in total. The first kappa shape index (κ1) is 23.8. The van der Waals surface area contributed by atoms with Gasteiger partial charge in [-0.3, -0.25) is 4.79 Å². The Morgan fingerprint density at radius 2 is 1.76 bits per heavy atom. The third-order valence-corrected chi connectivity index (χ3v) is 6.65. The Kier molecular flexibility index (Phi) is 7.14. The van der Waals surface area contributed by atoms with Gasteiger partial charge in [-0.05, 0) is 62.8 Å². The maximum Gasteiger partial charge on any atom is 0.416 e. The van der Waals surface area contributed by atoms with Crippen LogP contribution in [0, 0.1) is 0 Å². The van der Waals surface area contributed by atoms with Crippen LogP contribution in [0.5, 0.6) is 5.88 Å². The van der Waals surface area contributed by atoms with E-state index >= 15 is 0 Å². The third kappa shape index (κ3) is 5.61. The van der Waals surface area contributed by atoms with E-state index in [-0.39, 0.29) is 39.7 Å². The topological polar surface area (TPSA) is 71.5 Å². The lowest BCUT2D eigenvalue weighted by atomic mass is 9.92. The van der Waals surface area contributed by atoms with Gasteiger partial charge in [0, 0.05) is 22.3 Å². The zero-order valence-electron chi connectivity index (χ0n) is 18.0. The average Bonchev–Trinajstić information content (AvgIpc) is 3.28. The number of carbonyl (C=O) groups excluding carboxylic acids is 1. The number of nitrogens with zero attached hydrogens (tertiary/aromatic N) is 1. The molecule has 0 saturated heterocycles. The Bertz CT molecular complexity index is 1010. The second-order valence-corrected chi connectivity index (χ2v) is 9.13. The normalized spacial score (nSPS) is 21.7. The van der Waals surface area contributed by atoms with Crippen LogP contribution < -0.4 is 10.1 Å². The van der Waals surface area contributed by atoms with Crippen LogP contribution in [0.2, 0.25) is 5.02 Å². The van der Waals surface area contributed by atoms with Crippen LogP contribution >= 0.6 is 11.6 Å². The van der Waals surface area contributed by atoms with E-state index < -0.39 is 23.8 Å². The number of benzene rings is 1. The van der Waals surface area contributed by atoms with Gasteiger partial charge >= 0.3 is 6.18 Å². The largest absolute Gasteiger partial charge is 0.474 e.